The van der Waals surface area contributed by atoms with Crippen LogP contribution >= 0.6 is 0 Å². The summed E-state index contributed by atoms with van der Waals surface area (Å²) >= 11 is 0. The molecule has 8 heteroatoms. The van der Waals surface area contributed by atoms with Crippen LogP contribution in [0.4, 0.5) is 30.2 Å². The SMILES string of the molecule is Nc1cc(NC(=O)c2cc(C(F)(F)F)ccc2-c2ccccc2)ccc1NCCCc1ccccn1. The molecule has 0 saturated heterocycles. The maximum absolute atomic E-state index is 13.4. The number of nitrogens with one attached hydrogen (secondary N) is 2. The summed E-state index contributed by atoms with van der Waals surface area (Å²) in [6.07, 6.45) is -1.14. The number of benzene rings is 3. The summed E-state index contributed by atoms with van der Waals surface area (Å²) in [4.78, 5) is 17.4. The summed E-state index contributed by atoms with van der Waals surface area (Å²) in [5, 5.41) is 5.94. The Labute approximate surface area is 207 Å². The molecule has 184 valence electrons. The van der Waals surface area contributed by atoms with Crippen molar-refractivity contribution in [1.29, 1.82) is 0 Å². The fourth-order valence-corrected chi connectivity index (χ4v) is 3.82. The molecule has 0 atom stereocenters. The minimum Gasteiger partial charge on any atom is -0.397 e. The van der Waals surface area contributed by atoms with E-state index in [9.17, 15) is 18.0 Å². The van der Waals surface area contributed by atoms with Gasteiger partial charge in [0.05, 0.1) is 16.9 Å². The van der Waals surface area contributed by atoms with Crippen LogP contribution in [-0.2, 0) is 12.6 Å². The van der Waals surface area contributed by atoms with E-state index >= 15 is 0 Å². The van der Waals surface area contributed by atoms with Crippen molar-refractivity contribution in [3.8, 4) is 11.1 Å². The number of amides is 1. The topological polar surface area (TPSA) is 80.0 Å². The van der Waals surface area contributed by atoms with Crippen LogP contribution in [0.3, 0.4) is 0 Å². The zero-order chi connectivity index (χ0) is 25.5. The number of anilines is 3. The third kappa shape index (κ3) is 6.21. The van der Waals surface area contributed by atoms with Crippen molar-refractivity contribution < 1.29 is 18.0 Å². The van der Waals surface area contributed by atoms with Gasteiger partial charge in [0.2, 0.25) is 0 Å². The number of aromatic nitrogens is 1. The number of halogens is 3. The number of alkyl halides is 3. The molecule has 0 aliphatic rings. The number of nitrogens with two attached hydrogens (primary N) is 1. The van der Waals surface area contributed by atoms with Crippen molar-refractivity contribution in [2.24, 2.45) is 0 Å². The summed E-state index contributed by atoms with van der Waals surface area (Å²) in [6.45, 7) is 0.678. The van der Waals surface area contributed by atoms with E-state index in [0.717, 1.165) is 30.7 Å². The third-order valence-corrected chi connectivity index (χ3v) is 5.64. The molecule has 36 heavy (non-hydrogen) atoms. The maximum Gasteiger partial charge on any atom is 0.416 e. The minimum atomic E-state index is -4.57. The number of nitrogens with zero attached hydrogens (tertiary/aromatic N) is 1. The van der Waals surface area contributed by atoms with Crippen molar-refractivity contribution in [3.63, 3.8) is 0 Å². The lowest BCUT2D eigenvalue weighted by atomic mass is 9.96. The Kier molecular flexibility index (Phi) is 7.53. The second-order valence-electron chi connectivity index (χ2n) is 8.23. The molecule has 0 radical (unpaired) electrons. The van der Waals surface area contributed by atoms with E-state index < -0.39 is 17.6 Å². The molecular weight excluding hydrogens is 465 g/mol. The minimum absolute atomic E-state index is 0.0775. The zero-order valence-electron chi connectivity index (χ0n) is 19.3. The molecular formula is C28H25F3N4O. The van der Waals surface area contributed by atoms with Crippen LogP contribution in [0.15, 0.2) is 91.1 Å². The number of carbonyl (C=O) groups is 1. The van der Waals surface area contributed by atoms with Gasteiger partial charge in [-0.3, -0.25) is 9.78 Å². The molecule has 0 spiro atoms. The highest BCUT2D eigenvalue weighted by Crippen LogP contribution is 2.34. The van der Waals surface area contributed by atoms with E-state index in [2.05, 4.69) is 15.6 Å². The van der Waals surface area contributed by atoms with Crippen LogP contribution in [0, 0.1) is 0 Å². The Morgan fingerprint density at radius 1 is 0.917 bits per heavy atom. The Balaban J connectivity index is 1.47. The van der Waals surface area contributed by atoms with Gasteiger partial charge in [-0.2, -0.15) is 13.2 Å². The van der Waals surface area contributed by atoms with Gasteiger partial charge in [0.25, 0.3) is 5.91 Å². The summed E-state index contributed by atoms with van der Waals surface area (Å²) in [5.74, 6) is -0.657. The lowest BCUT2D eigenvalue weighted by Gasteiger charge is -2.15. The molecule has 0 aliphatic heterocycles. The van der Waals surface area contributed by atoms with Crippen LogP contribution in [0.2, 0.25) is 0 Å². The average molecular weight is 491 g/mol. The molecule has 4 rings (SSSR count). The Morgan fingerprint density at radius 2 is 1.69 bits per heavy atom. The lowest BCUT2D eigenvalue weighted by molar-refractivity contribution is -0.137. The first kappa shape index (κ1) is 24.8. The fraction of sp³-hybridized carbons (Fsp3) is 0.143. The fourth-order valence-electron chi connectivity index (χ4n) is 3.82. The van der Waals surface area contributed by atoms with Gasteiger partial charge in [0.15, 0.2) is 0 Å². The number of hydrogen-bond donors (Lipinski definition) is 3. The number of carbonyl (C=O) groups excluding carboxylic acids is 1. The number of hydrogen-bond acceptors (Lipinski definition) is 4. The molecule has 3 aromatic carbocycles. The van der Waals surface area contributed by atoms with E-state index in [0.29, 0.717) is 34.7 Å². The lowest BCUT2D eigenvalue weighted by Crippen LogP contribution is -2.16. The monoisotopic (exact) mass is 490 g/mol. The first-order chi connectivity index (χ1) is 17.3. The molecule has 5 nitrogen and oxygen atoms in total. The maximum atomic E-state index is 13.4. The van der Waals surface area contributed by atoms with Gasteiger partial charge < -0.3 is 16.4 Å². The zero-order valence-corrected chi connectivity index (χ0v) is 19.3. The first-order valence-electron chi connectivity index (χ1n) is 11.4. The van der Waals surface area contributed by atoms with Gasteiger partial charge in [0.1, 0.15) is 0 Å². The molecule has 0 aliphatic carbocycles. The summed E-state index contributed by atoms with van der Waals surface area (Å²) in [6, 6.07) is 22.7. The quantitative estimate of drug-likeness (QED) is 0.191. The van der Waals surface area contributed by atoms with Crippen LogP contribution < -0.4 is 16.4 Å². The highest BCUT2D eigenvalue weighted by molar-refractivity contribution is 6.09. The number of rotatable bonds is 8. The molecule has 1 aromatic heterocycles. The van der Waals surface area contributed by atoms with Gasteiger partial charge in [-0.25, -0.2) is 0 Å². The Morgan fingerprint density at radius 3 is 2.39 bits per heavy atom. The molecule has 4 aromatic rings. The predicted octanol–water partition coefficient (Wildman–Crippen LogP) is 6.65. The van der Waals surface area contributed by atoms with Crippen LogP contribution in [0.5, 0.6) is 0 Å². The van der Waals surface area contributed by atoms with E-state index in [1.54, 1.807) is 54.7 Å². The highest BCUT2D eigenvalue weighted by Gasteiger charge is 2.32. The molecule has 0 bridgehead atoms. The standard InChI is InChI=1S/C28H25F3N4O/c29-28(30,31)20-11-13-23(19-7-2-1-3-8-19)24(17-20)27(36)35-22-12-14-26(25(32)18-22)34-16-6-10-21-9-4-5-15-33-21/h1-5,7-9,11-15,17-18,34H,6,10,16,32H2,(H,35,36). The van der Waals surface area contributed by atoms with E-state index in [1.807, 2.05) is 18.2 Å². The van der Waals surface area contributed by atoms with Gasteiger partial charge in [-0.15, -0.1) is 0 Å². The molecule has 1 amide bonds. The summed E-state index contributed by atoms with van der Waals surface area (Å²) in [5.41, 5.74) is 8.74. The van der Waals surface area contributed by atoms with Gasteiger partial charge in [0, 0.05) is 29.7 Å². The molecule has 0 unspecified atom stereocenters. The van der Waals surface area contributed by atoms with Gasteiger partial charge in [-0.05, 0) is 66.4 Å². The Hall–Kier alpha value is -4.33. The van der Waals surface area contributed by atoms with Crippen molar-refractivity contribution in [2.75, 3.05) is 22.9 Å². The molecule has 0 fully saturated rings. The molecule has 4 N–H and O–H groups in total. The van der Waals surface area contributed by atoms with Crippen molar-refractivity contribution in [1.82, 2.24) is 4.98 Å². The number of pyridine rings is 1. The molecule has 0 saturated carbocycles. The van der Waals surface area contributed by atoms with Crippen LogP contribution in [-0.4, -0.2) is 17.4 Å². The number of aryl methyl sites for hydroxylation is 1. The van der Waals surface area contributed by atoms with Gasteiger partial charge in [-0.1, -0.05) is 42.5 Å². The second-order valence-corrected chi connectivity index (χ2v) is 8.23. The largest absolute Gasteiger partial charge is 0.416 e. The number of nitrogen functional groups attached to an aromatic ring is 1. The predicted molar refractivity (Wildman–Crippen MR) is 137 cm³/mol. The van der Waals surface area contributed by atoms with Crippen LogP contribution in [0.1, 0.15) is 28.0 Å². The first-order valence-corrected chi connectivity index (χ1v) is 11.4. The smallest absolute Gasteiger partial charge is 0.397 e. The Bertz CT molecular complexity index is 1330. The van der Waals surface area contributed by atoms with E-state index in [1.165, 1.54) is 6.07 Å². The highest BCUT2D eigenvalue weighted by atomic mass is 19.4. The van der Waals surface area contributed by atoms with Crippen LogP contribution in [0.25, 0.3) is 11.1 Å². The van der Waals surface area contributed by atoms with E-state index in [-0.39, 0.29) is 5.56 Å². The van der Waals surface area contributed by atoms with Crippen molar-refractivity contribution in [2.45, 2.75) is 19.0 Å². The van der Waals surface area contributed by atoms with Gasteiger partial charge >= 0.3 is 6.18 Å². The van der Waals surface area contributed by atoms with E-state index in [4.69, 9.17) is 5.73 Å². The average Bonchev–Trinajstić information content (AvgIpc) is 2.88. The molecule has 1 heterocycles. The summed E-state index contributed by atoms with van der Waals surface area (Å²) < 4.78 is 40.1. The second kappa shape index (κ2) is 10.9. The summed E-state index contributed by atoms with van der Waals surface area (Å²) in [7, 11) is 0. The van der Waals surface area contributed by atoms with Crippen molar-refractivity contribution in [3.05, 3.63) is 108 Å². The third-order valence-electron chi connectivity index (χ3n) is 5.64. The normalized spacial score (nSPS) is 11.2. The van der Waals surface area contributed by atoms with Crippen molar-refractivity contribution >= 4 is 23.0 Å².